The lowest BCUT2D eigenvalue weighted by Gasteiger charge is -2.24. The second kappa shape index (κ2) is 10.6. The summed E-state index contributed by atoms with van der Waals surface area (Å²) in [7, 11) is 0. The lowest BCUT2D eigenvalue weighted by molar-refractivity contribution is -0.131. The van der Waals surface area contributed by atoms with Crippen LogP contribution in [0.5, 0.6) is 0 Å². The number of esters is 1. The van der Waals surface area contributed by atoms with Crippen LogP contribution in [0.25, 0.3) is 0 Å². The van der Waals surface area contributed by atoms with E-state index in [0.717, 1.165) is 4.57 Å². The highest BCUT2D eigenvalue weighted by molar-refractivity contribution is 5.89. The van der Waals surface area contributed by atoms with E-state index in [0.29, 0.717) is 11.1 Å². The fourth-order valence-corrected chi connectivity index (χ4v) is 3.69. The number of aromatic amines is 1. The number of likely N-dealkylation sites (tertiary alicyclic amines) is 1. The van der Waals surface area contributed by atoms with E-state index < -0.39 is 40.9 Å². The Bertz CT molecular complexity index is 1200. The van der Waals surface area contributed by atoms with Gasteiger partial charge in [0.25, 0.3) is 5.56 Å². The number of amides is 2. The first-order valence-corrected chi connectivity index (χ1v) is 11.2. The van der Waals surface area contributed by atoms with Gasteiger partial charge in [0.1, 0.15) is 12.1 Å². The zero-order chi connectivity index (χ0) is 25.8. The molecule has 0 aliphatic carbocycles. The molecule has 2 N–H and O–H groups in total. The highest BCUT2D eigenvalue weighted by Crippen LogP contribution is 2.20. The van der Waals surface area contributed by atoms with Crippen LogP contribution >= 0.6 is 0 Å². The molecule has 0 unspecified atom stereocenters. The number of nitrogens with zero attached hydrogens (tertiary/aromatic N) is 2. The number of hydrogen-bond donors (Lipinski definition) is 2. The van der Waals surface area contributed by atoms with Crippen LogP contribution in [0.4, 0.5) is 4.79 Å². The van der Waals surface area contributed by atoms with E-state index in [4.69, 9.17) is 9.47 Å². The predicted molar refractivity (Wildman–Crippen MR) is 126 cm³/mol. The quantitative estimate of drug-likeness (QED) is 0.582. The Morgan fingerprint density at radius 1 is 1.11 bits per heavy atom. The SMILES string of the molecule is Cc1cn(CC(=O)N2C[C@H](COC(=O)c3ccccc3)[C@@H](NC(=O)OC(C)(C)C)C2)c(=O)[nH]c1=O. The summed E-state index contributed by atoms with van der Waals surface area (Å²) in [5, 5.41) is 2.76. The smallest absolute Gasteiger partial charge is 0.407 e. The molecular formula is C24H30N4O7. The number of nitrogens with one attached hydrogen (secondary N) is 2. The molecule has 0 saturated carbocycles. The Morgan fingerprint density at radius 2 is 1.80 bits per heavy atom. The van der Waals surface area contributed by atoms with Crippen LogP contribution in [-0.2, 0) is 20.8 Å². The molecular weight excluding hydrogens is 456 g/mol. The molecule has 1 aliphatic heterocycles. The van der Waals surface area contributed by atoms with E-state index >= 15 is 0 Å². The molecule has 0 spiro atoms. The third kappa shape index (κ3) is 7.05. The van der Waals surface area contributed by atoms with Crippen molar-refractivity contribution in [1.82, 2.24) is 19.8 Å². The summed E-state index contributed by atoms with van der Waals surface area (Å²) >= 11 is 0. The third-order valence-corrected chi connectivity index (χ3v) is 5.43. The van der Waals surface area contributed by atoms with Crippen molar-refractivity contribution < 1.29 is 23.9 Å². The molecule has 11 heteroatoms. The van der Waals surface area contributed by atoms with Crippen LogP contribution in [0.2, 0.25) is 0 Å². The molecule has 1 aromatic heterocycles. The van der Waals surface area contributed by atoms with Gasteiger partial charge in [-0.2, -0.15) is 0 Å². The Kier molecular flexibility index (Phi) is 7.78. The second-order valence-corrected chi connectivity index (χ2v) is 9.48. The molecule has 0 bridgehead atoms. The van der Waals surface area contributed by atoms with Gasteiger partial charge in [0.15, 0.2) is 0 Å². The second-order valence-electron chi connectivity index (χ2n) is 9.48. The number of H-pyrrole nitrogens is 1. The zero-order valence-corrected chi connectivity index (χ0v) is 20.2. The molecule has 11 nitrogen and oxygen atoms in total. The zero-order valence-electron chi connectivity index (χ0n) is 20.2. The Hall–Kier alpha value is -3.89. The highest BCUT2D eigenvalue weighted by Gasteiger charge is 2.38. The summed E-state index contributed by atoms with van der Waals surface area (Å²) in [6, 6.07) is 7.96. The lowest BCUT2D eigenvalue weighted by atomic mass is 10.1. The maximum absolute atomic E-state index is 13.0. The van der Waals surface area contributed by atoms with E-state index in [2.05, 4.69) is 10.3 Å². The average molecular weight is 487 g/mol. The minimum atomic E-state index is -0.712. The van der Waals surface area contributed by atoms with E-state index in [1.807, 2.05) is 0 Å². The van der Waals surface area contributed by atoms with Gasteiger partial charge in [-0.1, -0.05) is 18.2 Å². The van der Waals surface area contributed by atoms with Crippen molar-refractivity contribution in [2.24, 2.45) is 5.92 Å². The third-order valence-electron chi connectivity index (χ3n) is 5.43. The van der Waals surface area contributed by atoms with Crippen LogP contribution < -0.4 is 16.6 Å². The first kappa shape index (κ1) is 25.7. The summed E-state index contributed by atoms with van der Waals surface area (Å²) in [6.07, 6.45) is 0.675. The molecule has 1 aliphatic rings. The molecule has 2 atom stereocenters. The molecule has 2 aromatic rings. The fraction of sp³-hybridized carbons (Fsp3) is 0.458. The topological polar surface area (TPSA) is 140 Å². The molecule has 0 radical (unpaired) electrons. The van der Waals surface area contributed by atoms with Crippen LogP contribution in [0.3, 0.4) is 0 Å². The molecule has 35 heavy (non-hydrogen) atoms. The van der Waals surface area contributed by atoms with Gasteiger partial charge in [-0.05, 0) is 39.8 Å². The minimum absolute atomic E-state index is 0.0321. The maximum Gasteiger partial charge on any atom is 0.407 e. The first-order chi connectivity index (χ1) is 16.4. The number of carbonyl (C=O) groups excluding carboxylic acids is 3. The van der Waals surface area contributed by atoms with Crippen molar-refractivity contribution in [1.29, 1.82) is 0 Å². The molecule has 1 fully saturated rings. The van der Waals surface area contributed by atoms with Gasteiger partial charge in [-0.3, -0.25) is 19.1 Å². The number of hydrogen-bond acceptors (Lipinski definition) is 7. The van der Waals surface area contributed by atoms with Gasteiger partial charge in [-0.25, -0.2) is 14.4 Å². The summed E-state index contributed by atoms with van der Waals surface area (Å²) < 4.78 is 11.9. The minimum Gasteiger partial charge on any atom is -0.462 e. The summed E-state index contributed by atoms with van der Waals surface area (Å²) in [5.41, 5.74) is -1.22. The van der Waals surface area contributed by atoms with Crippen molar-refractivity contribution in [2.75, 3.05) is 19.7 Å². The number of aromatic nitrogens is 2. The van der Waals surface area contributed by atoms with Gasteiger partial charge < -0.3 is 19.7 Å². The standard InChI is InChI=1S/C24H30N4O7/c1-15-10-28(22(32)26-20(15)30)13-19(29)27-11-17(14-34-21(31)16-8-6-5-7-9-16)18(12-27)25-23(33)35-24(2,3)4/h5-10,17-18H,11-14H2,1-4H3,(H,25,33)(H,26,30,32)/t17-,18+/m1/s1. The Labute approximate surface area is 202 Å². The predicted octanol–water partition coefficient (Wildman–Crippen LogP) is 1.05. The van der Waals surface area contributed by atoms with Crippen LogP contribution in [0.1, 0.15) is 36.7 Å². The van der Waals surface area contributed by atoms with E-state index in [1.165, 1.54) is 18.0 Å². The first-order valence-electron chi connectivity index (χ1n) is 11.2. The van der Waals surface area contributed by atoms with Crippen molar-refractivity contribution in [3.63, 3.8) is 0 Å². The van der Waals surface area contributed by atoms with E-state index in [1.54, 1.807) is 51.1 Å². The summed E-state index contributed by atoms with van der Waals surface area (Å²) in [6.45, 7) is 6.76. The number of rotatable bonds is 6. The number of alkyl carbamates (subject to hydrolysis) is 1. The van der Waals surface area contributed by atoms with E-state index in [9.17, 15) is 24.0 Å². The summed E-state index contributed by atoms with van der Waals surface area (Å²) in [5.74, 6) is -1.29. The molecule has 2 amide bonds. The van der Waals surface area contributed by atoms with Gasteiger partial charge in [0, 0.05) is 30.8 Å². The monoisotopic (exact) mass is 486 g/mol. The maximum atomic E-state index is 13.0. The normalized spacial score (nSPS) is 17.7. The van der Waals surface area contributed by atoms with Crippen LogP contribution in [0, 0.1) is 12.8 Å². The van der Waals surface area contributed by atoms with Crippen molar-refractivity contribution in [3.05, 3.63) is 68.5 Å². The lowest BCUT2D eigenvalue weighted by Crippen LogP contribution is -2.45. The largest absolute Gasteiger partial charge is 0.462 e. The molecule has 188 valence electrons. The van der Waals surface area contributed by atoms with Crippen molar-refractivity contribution in [2.45, 2.75) is 45.9 Å². The summed E-state index contributed by atoms with van der Waals surface area (Å²) in [4.78, 5) is 65.0. The molecule has 1 saturated heterocycles. The molecule has 2 heterocycles. The Balaban J connectivity index is 1.71. The number of benzene rings is 1. The van der Waals surface area contributed by atoms with E-state index in [-0.39, 0.29) is 32.1 Å². The number of ether oxygens (including phenoxy) is 2. The highest BCUT2D eigenvalue weighted by atomic mass is 16.6. The van der Waals surface area contributed by atoms with Crippen LogP contribution in [-0.4, -0.2) is 63.8 Å². The van der Waals surface area contributed by atoms with Gasteiger partial charge >= 0.3 is 17.8 Å². The van der Waals surface area contributed by atoms with Crippen molar-refractivity contribution in [3.8, 4) is 0 Å². The Morgan fingerprint density at radius 3 is 2.46 bits per heavy atom. The number of aryl methyl sites for hydroxylation is 1. The molecule has 3 rings (SSSR count). The fourth-order valence-electron chi connectivity index (χ4n) is 3.69. The average Bonchev–Trinajstić information content (AvgIpc) is 3.17. The van der Waals surface area contributed by atoms with Gasteiger partial charge in [0.2, 0.25) is 5.91 Å². The van der Waals surface area contributed by atoms with Crippen LogP contribution in [0.15, 0.2) is 46.1 Å². The van der Waals surface area contributed by atoms with Crippen molar-refractivity contribution >= 4 is 18.0 Å². The van der Waals surface area contributed by atoms with Gasteiger partial charge in [-0.15, -0.1) is 0 Å². The van der Waals surface area contributed by atoms with Gasteiger partial charge in [0.05, 0.1) is 18.2 Å². The number of carbonyl (C=O) groups is 3. The molecule has 1 aromatic carbocycles.